The van der Waals surface area contributed by atoms with Gasteiger partial charge < -0.3 is 10.5 Å². The molecule has 0 radical (unpaired) electrons. The van der Waals surface area contributed by atoms with E-state index < -0.39 is 9.84 Å². The maximum absolute atomic E-state index is 11.2. The minimum absolute atomic E-state index is 0.0646. The Balaban J connectivity index is 2.11. The molecule has 2 N–H and O–H groups in total. The van der Waals surface area contributed by atoms with E-state index in [2.05, 4.69) is 0 Å². The van der Waals surface area contributed by atoms with Crippen molar-refractivity contribution in [2.75, 3.05) is 17.2 Å². The smallest absolute Gasteiger partial charge is 0.154 e. The van der Waals surface area contributed by atoms with E-state index in [-0.39, 0.29) is 17.6 Å². The molecule has 1 aromatic rings. The van der Waals surface area contributed by atoms with Crippen LogP contribution in [0.1, 0.15) is 6.42 Å². The highest BCUT2D eigenvalue weighted by atomic mass is 35.5. The third-order valence-electron chi connectivity index (χ3n) is 2.46. The van der Waals surface area contributed by atoms with Crippen LogP contribution in [0.2, 0.25) is 5.02 Å². The van der Waals surface area contributed by atoms with Crippen LogP contribution in [0.15, 0.2) is 18.2 Å². The van der Waals surface area contributed by atoms with Gasteiger partial charge >= 0.3 is 0 Å². The summed E-state index contributed by atoms with van der Waals surface area (Å²) >= 11 is 5.75. The molecule has 1 aliphatic heterocycles. The maximum atomic E-state index is 11.2. The highest BCUT2D eigenvalue weighted by molar-refractivity contribution is 7.91. The van der Waals surface area contributed by atoms with E-state index >= 15 is 0 Å². The van der Waals surface area contributed by atoms with Crippen molar-refractivity contribution in [3.05, 3.63) is 23.2 Å². The van der Waals surface area contributed by atoms with E-state index in [1.807, 2.05) is 0 Å². The Bertz CT molecular complexity index is 501. The van der Waals surface area contributed by atoms with E-state index in [4.69, 9.17) is 22.1 Å². The third kappa shape index (κ3) is 2.59. The van der Waals surface area contributed by atoms with Gasteiger partial charge in [0.15, 0.2) is 9.84 Å². The van der Waals surface area contributed by atoms with Crippen molar-refractivity contribution in [2.45, 2.75) is 12.5 Å². The van der Waals surface area contributed by atoms with Crippen LogP contribution in [0.4, 0.5) is 5.69 Å². The average molecular weight is 262 g/mol. The largest absolute Gasteiger partial charge is 0.487 e. The van der Waals surface area contributed by atoms with Gasteiger partial charge in [-0.05, 0) is 24.6 Å². The van der Waals surface area contributed by atoms with Gasteiger partial charge in [0.05, 0.1) is 17.2 Å². The van der Waals surface area contributed by atoms with Gasteiger partial charge in [0.25, 0.3) is 0 Å². The Morgan fingerprint density at radius 1 is 1.44 bits per heavy atom. The molecule has 1 saturated heterocycles. The fourth-order valence-electron chi connectivity index (χ4n) is 1.66. The Morgan fingerprint density at radius 2 is 2.19 bits per heavy atom. The molecule has 88 valence electrons. The van der Waals surface area contributed by atoms with Gasteiger partial charge in [-0.15, -0.1) is 0 Å². The fraction of sp³-hybridized carbons (Fsp3) is 0.400. The van der Waals surface area contributed by atoms with Crippen molar-refractivity contribution in [3.8, 4) is 5.75 Å². The molecule has 16 heavy (non-hydrogen) atoms. The van der Waals surface area contributed by atoms with Crippen LogP contribution in [0.5, 0.6) is 5.75 Å². The van der Waals surface area contributed by atoms with Crippen LogP contribution in [0.3, 0.4) is 0 Å². The molecule has 1 unspecified atom stereocenters. The lowest BCUT2D eigenvalue weighted by Crippen LogP contribution is -2.18. The number of nitrogens with two attached hydrogens (primary N) is 1. The predicted octanol–water partition coefficient (Wildman–Crippen LogP) is 1.49. The number of anilines is 1. The highest BCUT2D eigenvalue weighted by Gasteiger charge is 2.29. The fourth-order valence-corrected chi connectivity index (χ4v) is 3.43. The minimum Gasteiger partial charge on any atom is -0.487 e. The van der Waals surface area contributed by atoms with Gasteiger partial charge in [0.2, 0.25) is 0 Å². The zero-order valence-electron chi connectivity index (χ0n) is 8.52. The molecule has 1 atom stereocenters. The Kier molecular flexibility index (Phi) is 2.99. The first kappa shape index (κ1) is 11.5. The van der Waals surface area contributed by atoms with Gasteiger partial charge in [0, 0.05) is 5.02 Å². The molecule has 0 bridgehead atoms. The zero-order chi connectivity index (χ0) is 11.8. The summed E-state index contributed by atoms with van der Waals surface area (Å²) in [4.78, 5) is 0. The molecule has 6 heteroatoms. The van der Waals surface area contributed by atoms with Gasteiger partial charge in [-0.3, -0.25) is 0 Å². The molecule has 2 rings (SSSR count). The number of sulfone groups is 1. The van der Waals surface area contributed by atoms with Crippen molar-refractivity contribution >= 4 is 27.1 Å². The number of hydrogen-bond acceptors (Lipinski definition) is 4. The first-order valence-corrected chi connectivity index (χ1v) is 7.08. The standard InChI is InChI=1S/C10H12ClNO3S/c11-7-1-2-10(9(12)5-7)15-8-3-4-16(13,14)6-8/h1-2,5,8H,3-4,6,12H2. The van der Waals surface area contributed by atoms with Crippen LogP contribution in [-0.2, 0) is 9.84 Å². The van der Waals surface area contributed by atoms with E-state index in [1.165, 1.54) is 0 Å². The molecule has 0 aliphatic carbocycles. The van der Waals surface area contributed by atoms with Crippen LogP contribution in [0, 0.1) is 0 Å². The Hall–Kier alpha value is -0.940. The van der Waals surface area contributed by atoms with Crippen molar-refractivity contribution in [1.82, 2.24) is 0 Å². The summed E-state index contributed by atoms with van der Waals surface area (Å²) < 4.78 is 28.0. The molecule has 0 aromatic heterocycles. The second-order valence-electron chi connectivity index (χ2n) is 3.83. The van der Waals surface area contributed by atoms with Crippen LogP contribution < -0.4 is 10.5 Å². The summed E-state index contributed by atoms with van der Waals surface area (Å²) in [6, 6.07) is 4.90. The number of ether oxygens (including phenoxy) is 1. The number of benzene rings is 1. The normalized spacial score (nSPS) is 23.2. The molecule has 1 aliphatic rings. The van der Waals surface area contributed by atoms with Crippen molar-refractivity contribution < 1.29 is 13.2 Å². The average Bonchev–Trinajstić information content (AvgIpc) is 2.51. The summed E-state index contributed by atoms with van der Waals surface area (Å²) in [6.07, 6.45) is 0.221. The Labute approximate surface area is 99.3 Å². The van der Waals surface area contributed by atoms with E-state index in [9.17, 15) is 8.42 Å². The molecule has 1 aromatic carbocycles. The van der Waals surface area contributed by atoms with Crippen molar-refractivity contribution in [1.29, 1.82) is 0 Å². The lowest BCUT2D eigenvalue weighted by atomic mass is 10.3. The number of nitrogen functional groups attached to an aromatic ring is 1. The molecule has 0 spiro atoms. The van der Waals surface area contributed by atoms with Crippen molar-refractivity contribution in [3.63, 3.8) is 0 Å². The molecule has 4 nitrogen and oxygen atoms in total. The monoisotopic (exact) mass is 261 g/mol. The van der Waals surface area contributed by atoms with Gasteiger partial charge in [-0.2, -0.15) is 0 Å². The third-order valence-corrected chi connectivity index (χ3v) is 4.43. The second-order valence-corrected chi connectivity index (χ2v) is 6.49. The van der Waals surface area contributed by atoms with Gasteiger partial charge in [-0.25, -0.2) is 8.42 Å². The lowest BCUT2D eigenvalue weighted by molar-refractivity contribution is 0.230. The molecule has 1 fully saturated rings. The predicted molar refractivity (Wildman–Crippen MR) is 63.6 cm³/mol. The van der Waals surface area contributed by atoms with Gasteiger partial charge in [0.1, 0.15) is 11.9 Å². The maximum Gasteiger partial charge on any atom is 0.154 e. The summed E-state index contributed by atoms with van der Waals surface area (Å²) in [5, 5.41) is 0.531. The van der Waals surface area contributed by atoms with Crippen LogP contribution in [0.25, 0.3) is 0 Å². The molecule has 0 saturated carbocycles. The van der Waals surface area contributed by atoms with Gasteiger partial charge in [-0.1, -0.05) is 11.6 Å². The quantitative estimate of drug-likeness (QED) is 0.819. The summed E-state index contributed by atoms with van der Waals surface area (Å²) in [5.74, 6) is 0.742. The first-order valence-electron chi connectivity index (χ1n) is 4.88. The van der Waals surface area contributed by atoms with Crippen LogP contribution >= 0.6 is 11.6 Å². The number of hydrogen-bond donors (Lipinski definition) is 1. The van der Waals surface area contributed by atoms with E-state index in [0.717, 1.165) is 0 Å². The molecule has 1 heterocycles. The van der Waals surface area contributed by atoms with Crippen molar-refractivity contribution in [2.24, 2.45) is 0 Å². The topological polar surface area (TPSA) is 69.4 Å². The zero-order valence-corrected chi connectivity index (χ0v) is 10.1. The number of rotatable bonds is 2. The Morgan fingerprint density at radius 3 is 2.75 bits per heavy atom. The summed E-state index contributed by atoms with van der Waals surface area (Å²) in [5.41, 5.74) is 6.14. The summed E-state index contributed by atoms with van der Waals surface area (Å²) in [6.45, 7) is 0. The molecule has 0 amide bonds. The number of halogens is 1. The molecular formula is C10H12ClNO3S. The molecular weight excluding hydrogens is 250 g/mol. The summed E-state index contributed by atoms with van der Waals surface area (Å²) in [7, 11) is -2.93. The van der Waals surface area contributed by atoms with E-state index in [1.54, 1.807) is 18.2 Å². The van der Waals surface area contributed by atoms with E-state index in [0.29, 0.717) is 22.9 Å². The first-order chi connectivity index (χ1) is 7.46. The second kappa shape index (κ2) is 4.14. The van der Waals surface area contributed by atoms with Crippen LogP contribution in [-0.4, -0.2) is 26.0 Å². The SMILES string of the molecule is Nc1cc(Cl)ccc1OC1CCS(=O)(=O)C1. The lowest BCUT2D eigenvalue weighted by Gasteiger charge is -2.13. The minimum atomic E-state index is -2.93. The highest BCUT2D eigenvalue weighted by Crippen LogP contribution is 2.28.